The van der Waals surface area contributed by atoms with Crippen molar-refractivity contribution in [1.29, 1.82) is 0 Å². The molecule has 3 amide bonds. The fourth-order valence-corrected chi connectivity index (χ4v) is 5.47. The molecular weight excluding hydrogens is 426 g/mol. The molecule has 1 aromatic carbocycles. The number of rotatable bonds is 7. The smallest absolute Gasteiger partial charge is 0.256 e. The first-order valence-corrected chi connectivity index (χ1v) is 11.6. The van der Waals surface area contributed by atoms with Gasteiger partial charge in [0.25, 0.3) is 5.91 Å². The Morgan fingerprint density at radius 1 is 1.25 bits per heavy atom. The molecule has 1 fully saturated rings. The number of hydrogen-bond acceptors (Lipinski definition) is 6. The number of hydrogen-bond donors (Lipinski definition) is 1. The summed E-state index contributed by atoms with van der Waals surface area (Å²) in [7, 11) is 3.98. The number of thiophene rings is 1. The number of amides is 3. The molecule has 1 atom stereocenters. The van der Waals surface area contributed by atoms with Crippen molar-refractivity contribution in [2.24, 2.45) is 0 Å². The molecule has 2 aliphatic heterocycles. The number of carbonyl (C=O) groups is 4. The van der Waals surface area contributed by atoms with Crippen molar-refractivity contribution in [3.63, 3.8) is 0 Å². The van der Waals surface area contributed by atoms with Crippen LogP contribution in [0.3, 0.4) is 0 Å². The highest BCUT2D eigenvalue weighted by Crippen LogP contribution is 2.34. The van der Waals surface area contributed by atoms with Crippen LogP contribution in [0.5, 0.6) is 0 Å². The molecule has 168 valence electrons. The SMILES string of the molecule is Cc1ccc(CC(=O)CCc2scc3c2CN(C2CCC(=O)NC2=O)C3=O)cc1N(C)C. The number of nitrogens with one attached hydrogen (secondary N) is 1. The maximum absolute atomic E-state index is 12.8. The molecule has 4 rings (SSSR count). The Labute approximate surface area is 191 Å². The lowest BCUT2D eigenvalue weighted by Crippen LogP contribution is -2.52. The summed E-state index contributed by atoms with van der Waals surface area (Å²) in [6.07, 6.45) is 1.97. The van der Waals surface area contributed by atoms with Crippen LogP contribution in [0, 0.1) is 6.92 Å². The van der Waals surface area contributed by atoms with Crippen molar-refractivity contribution in [3.05, 3.63) is 50.7 Å². The summed E-state index contributed by atoms with van der Waals surface area (Å²) in [6, 6.07) is 5.49. The van der Waals surface area contributed by atoms with Crippen LogP contribution in [0.15, 0.2) is 23.6 Å². The van der Waals surface area contributed by atoms with Gasteiger partial charge in [-0.3, -0.25) is 24.5 Å². The van der Waals surface area contributed by atoms with E-state index in [4.69, 9.17) is 0 Å². The zero-order valence-corrected chi connectivity index (χ0v) is 19.4. The van der Waals surface area contributed by atoms with Gasteiger partial charge in [0.05, 0.1) is 5.56 Å². The van der Waals surface area contributed by atoms with Crippen molar-refractivity contribution in [3.8, 4) is 0 Å². The van der Waals surface area contributed by atoms with Gasteiger partial charge in [-0.25, -0.2) is 0 Å². The van der Waals surface area contributed by atoms with Gasteiger partial charge in [-0.2, -0.15) is 0 Å². The van der Waals surface area contributed by atoms with Crippen molar-refractivity contribution in [2.45, 2.75) is 51.6 Å². The van der Waals surface area contributed by atoms with Gasteiger partial charge in [-0.1, -0.05) is 12.1 Å². The largest absolute Gasteiger partial charge is 0.377 e. The zero-order valence-electron chi connectivity index (χ0n) is 18.6. The molecule has 1 N–H and O–H groups in total. The quantitative estimate of drug-likeness (QED) is 0.652. The first-order chi connectivity index (χ1) is 15.2. The molecule has 0 radical (unpaired) electrons. The number of imide groups is 1. The van der Waals surface area contributed by atoms with Gasteiger partial charge < -0.3 is 9.80 Å². The number of piperidine rings is 1. The Hall–Kier alpha value is -3.00. The van der Waals surface area contributed by atoms with E-state index in [0.717, 1.165) is 21.7 Å². The molecule has 3 heterocycles. The fraction of sp³-hybridized carbons (Fsp3) is 0.417. The van der Waals surface area contributed by atoms with Gasteiger partial charge in [0.15, 0.2) is 0 Å². The van der Waals surface area contributed by atoms with E-state index in [1.807, 2.05) is 36.5 Å². The number of fused-ring (bicyclic) bond motifs is 1. The minimum Gasteiger partial charge on any atom is -0.377 e. The fourth-order valence-electron chi connectivity index (χ4n) is 4.43. The number of nitrogens with zero attached hydrogens (tertiary/aromatic N) is 2. The summed E-state index contributed by atoms with van der Waals surface area (Å²) >= 11 is 1.50. The zero-order chi connectivity index (χ0) is 23.0. The van der Waals surface area contributed by atoms with Crippen molar-refractivity contribution in [2.75, 3.05) is 19.0 Å². The highest BCUT2D eigenvalue weighted by atomic mass is 32.1. The second-order valence-corrected chi connectivity index (χ2v) is 9.65. The van der Waals surface area contributed by atoms with E-state index >= 15 is 0 Å². The molecular formula is C24H27N3O4S. The van der Waals surface area contributed by atoms with Gasteiger partial charge in [0.1, 0.15) is 11.8 Å². The molecule has 1 saturated heterocycles. The van der Waals surface area contributed by atoms with Gasteiger partial charge in [-0.15, -0.1) is 11.3 Å². The van der Waals surface area contributed by atoms with E-state index in [2.05, 4.69) is 18.3 Å². The van der Waals surface area contributed by atoms with Gasteiger partial charge in [0.2, 0.25) is 11.8 Å². The number of aryl methyl sites for hydroxylation is 2. The molecule has 1 aromatic heterocycles. The van der Waals surface area contributed by atoms with Crippen molar-refractivity contribution < 1.29 is 19.2 Å². The average Bonchev–Trinajstić information content (AvgIpc) is 3.28. The minimum atomic E-state index is -0.612. The predicted octanol–water partition coefficient (Wildman–Crippen LogP) is 2.63. The van der Waals surface area contributed by atoms with E-state index in [-0.39, 0.29) is 24.0 Å². The molecule has 1 unspecified atom stereocenters. The standard InChI is InChI=1S/C24H27N3O4S/c1-14-4-5-15(11-20(14)26(2)3)10-16(28)6-8-21-17-12-27(24(31)18(17)13-32-21)19-7-9-22(29)25-23(19)30/h4-5,11,13,19H,6-10,12H2,1-3H3,(H,25,29,30). The van der Waals surface area contributed by atoms with Crippen LogP contribution in [0.25, 0.3) is 0 Å². The highest BCUT2D eigenvalue weighted by Gasteiger charge is 2.40. The number of anilines is 1. The van der Waals surface area contributed by atoms with Crippen LogP contribution in [0.1, 0.15) is 51.2 Å². The van der Waals surface area contributed by atoms with Crippen molar-refractivity contribution in [1.82, 2.24) is 10.2 Å². The Bertz CT molecular complexity index is 1100. The normalized spacial score (nSPS) is 18.0. The highest BCUT2D eigenvalue weighted by molar-refractivity contribution is 7.10. The lowest BCUT2D eigenvalue weighted by Gasteiger charge is -2.29. The Morgan fingerprint density at radius 3 is 2.75 bits per heavy atom. The summed E-state index contributed by atoms with van der Waals surface area (Å²) in [5, 5.41) is 4.15. The number of carbonyl (C=O) groups excluding carboxylic acids is 4. The van der Waals surface area contributed by atoms with Crippen LogP contribution in [-0.4, -0.2) is 48.5 Å². The topological polar surface area (TPSA) is 86.8 Å². The molecule has 0 saturated carbocycles. The molecule has 0 bridgehead atoms. The molecule has 32 heavy (non-hydrogen) atoms. The van der Waals surface area contributed by atoms with Crippen molar-refractivity contribution >= 4 is 40.5 Å². The van der Waals surface area contributed by atoms with E-state index < -0.39 is 11.9 Å². The third kappa shape index (κ3) is 4.32. The van der Waals surface area contributed by atoms with Gasteiger partial charge in [0, 0.05) is 55.8 Å². The van der Waals surface area contributed by atoms with Crippen LogP contribution < -0.4 is 10.2 Å². The molecule has 0 aliphatic carbocycles. The van der Waals surface area contributed by atoms with Crippen LogP contribution in [0.2, 0.25) is 0 Å². The monoisotopic (exact) mass is 453 g/mol. The minimum absolute atomic E-state index is 0.159. The molecule has 8 heteroatoms. The molecule has 2 aromatic rings. The predicted molar refractivity (Wildman–Crippen MR) is 123 cm³/mol. The van der Waals surface area contributed by atoms with Gasteiger partial charge in [-0.05, 0) is 42.5 Å². The number of ketones is 1. The second kappa shape index (κ2) is 8.86. The Balaban J connectivity index is 1.39. The van der Waals surface area contributed by atoms with E-state index in [9.17, 15) is 19.2 Å². The number of benzene rings is 1. The van der Waals surface area contributed by atoms with Crippen LogP contribution in [-0.2, 0) is 33.8 Å². The van der Waals surface area contributed by atoms with E-state index in [0.29, 0.717) is 37.8 Å². The summed E-state index contributed by atoms with van der Waals surface area (Å²) in [4.78, 5) is 53.7. The molecule has 2 aliphatic rings. The third-order valence-electron chi connectivity index (χ3n) is 6.17. The maximum atomic E-state index is 12.8. The lowest BCUT2D eigenvalue weighted by molar-refractivity contribution is -0.137. The van der Waals surface area contributed by atoms with Crippen LogP contribution in [0.4, 0.5) is 5.69 Å². The summed E-state index contributed by atoms with van der Waals surface area (Å²) in [6.45, 7) is 2.41. The molecule has 7 nitrogen and oxygen atoms in total. The van der Waals surface area contributed by atoms with Gasteiger partial charge >= 0.3 is 0 Å². The summed E-state index contributed by atoms with van der Waals surface area (Å²) in [5.74, 6) is -0.709. The van der Waals surface area contributed by atoms with E-state index in [1.54, 1.807) is 4.90 Å². The van der Waals surface area contributed by atoms with E-state index in [1.165, 1.54) is 16.9 Å². The summed E-state index contributed by atoms with van der Waals surface area (Å²) < 4.78 is 0. The second-order valence-electron chi connectivity index (χ2n) is 8.68. The number of Topliss-reactive ketones (excluding diaryl/α,β-unsaturated/α-hetero) is 1. The summed E-state index contributed by atoms with van der Waals surface area (Å²) in [5.41, 5.74) is 4.82. The maximum Gasteiger partial charge on any atom is 0.256 e. The third-order valence-corrected chi connectivity index (χ3v) is 7.26. The first kappa shape index (κ1) is 22.2. The lowest BCUT2D eigenvalue weighted by atomic mass is 10.0. The Kier molecular flexibility index (Phi) is 6.15. The average molecular weight is 454 g/mol. The first-order valence-electron chi connectivity index (χ1n) is 10.8. The van der Waals surface area contributed by atoms with Crippen LogP contribution >= 0.6 is 11.3 Å². The Morgan fingerprint density at radius 2 is 2.03 bits per heavy atom. The molecule has 0 spiro atoms.